The second-order valence-electron chi connectivity index (χ2n) is 6.35. The first kappa shape index (κ1) is 17.2. The van der Waals surface area contributed by atoms with Crippen molar-refractivity contribution in [2.45, 2.75) is 51.4 Å². The molecule has 0 fully saturated rings. The molecule has 0 amide bonds. The van der Waals surface area contributed by atoms with E-state index in [0.29, 0.717) is 0 Å². The Labute approximate surface area is 142 Å². The summed E-state index contributed by atoms with van der Waals surface area (Å²) in [5, 5.41) is 0. The van der Waals surface area contributed by atoms with Crippen molar-refractivity contribution in [2.75, 3.05) is 0 Å². The zero-order chi connectivity index (χ0) is 17.3. The van der Waals surface area contributed by atoms with E-state index in [-0.39, 0.29) is 17.4 Å². The molecule has 1 aromatic heterocycles. The molecule has 1 heterocycles. The van der Waals surface area contributed by atoms with Gasteiger partial charge in [-0.3, -0.25) is 0 Å². The summed E-state index contributed by atoms with van der Waals surface area (Å²) in [7, 11) is -3.61. The van der Waals surface area contributed by atoms with Gasteiger partial charge in [-0.1, -0.05) is 18.2 Å². The van der Waals surface area contributed by atoms with Crippen LogP contribution in [0.1, 0.15) is 48.3 Å². The molecule has 1 unspecified atom stereocenters. The van der Waals surface area contributed by atoms with E-state index >= 15 is 0 Å². The number of aryl methyl sites for hydroxylation is 1. The fraction of sp³-hybridized carbons (Fsp3) is 0.444. The van der Waals surface area contributed by atoms with E-state index in [1.54, 1.807) is 12.1 Å². The Bertz CT molecular complexity index is 843. The molecule has 0 saturated heterocycles. The van der Waals surface area contributed by atoms with Gasteiger partial charge in [-0.05, 0) is 50.8 Å². The average molecular weight is 350 g/mol. The number of hydrogen-bond donors (Lipinski definition) is 1. The van der Waals surface area contributed by atoms with Crippen LogP contribution in [0.3, 0.4) is 0 Å². The molecule has 6 heteroatoms. The highest BCUT2D eigenvalue weighted by atomic mass is 32.2. The fourth-order valence-corrected chi connectivity index (χ4v) is 5.01. The van der Waals surface area contributed by atoms with Gasteiger partial charge in [-0.25, -0.2) is 17.5 Å². The average Bonchev–Trinajstić information content (AvgIpc) is 2.85. The minimum atomic E-state index is -3.61. The normalized spacial score (nSPS) is 17.7. The van der Waals surface area contributed by atoms with Crippen molar-refractivity contribution < 1.29 is 12.8 Å². The van der Waals surface area contributed by atoms with Gasteiger partial charge in [-0.15, -0.1) is 0 Å². The minimum absolute atomic E-state index is 0.198. The number of halogens is 1. The molecule has 0 saturated carbocycles. The van der Waals surface area contributed by atoms with Crippen LogP contribution >= 0.6 is 0 Å². The first-order valence-electron chi connectivity index (χ1n) is 8.33. The topological polar surface area (TPSA) is 51.1 Å². The molecule has 1 N–H and O–H groups in total. The smallest absolute Gasteiger partial charge is 0.216 e. The number of aromatic nitrogens is 1. The van der Waals surface area contributed by atoms with Crippen LogP contribution < -0.4 is 4.72 Å². The summed E-state index contributed by atoms with van der Waals surface area (Å²) >= 11 is 0. The highest BCUT2D eigenvalue weighted by Gasteiger charge is 2.28. The summed E-state index contributed by atoms with van der Waals surface area (Å²) in [5.41, 5.74) is 3.64. The maximum Gasteiger partial charge on any atom is 0.216 e. The van der Waals surface area contributed by atoms with Crippen LogP contribution in [0, 0.1) is 12.7 Å². The first-order valence-corrected chi connectivity index (χ1v) is 9.99. The maximum absolute atomic E-state index is 13.7. The molecule has 1 atom stereocenters. The van der Waals surface area contributed by atoms with Crippen LogP contribution in [0.25, 0.3) is 0 Å². The molecule has 0 aliphatic heterocycles. The Kier molecular flexibility index (Phi) is 4.78. The molecule has 4 nitrogen and oxygen atoms in total. The zero-order valence-corrected chi connectivity index (χ0v) is 14.9. The molecular weight excluding hydrogens is 327 g/mol. The van der Waals surface area contributed by atoms with Gasteiger partial charge in [0.15, 0.2) is 0 Å². The summed E-state index contributed by atoms with van der Waals surface area (Å²) in [5.74, 6) is -0.820. The number of nitrogens with one attached hydrogen (secondary N) is 1. The van der Waals surface area contributed by atoms with Crippen LogP contribution in [0.15, 0.2) is 30.3 Å². The van der Waals surface area contributed by atoms with Gasteiger partial charge >= 0.3 is 0 Å². The fourth-order valence-electron chi connectivity index (χ4n) is 3.61. The highest BCUT2D eigenvalue weighted by Crippen LogP contribution is 2.33. The Morgan fingerprint density at radius 2 is 2.08 bits per heavy atom. The molecule has 24 heavy (non-hydrogen) atoms. The molecular formula is C18H23FN2O2S. The lowest BCUT2D eigenvalue weighted by Gasteiger charge is -2.25. The predicted molar refractivity (Wildman–Crippen MR) is 92.7 cm³/mol. The lowest BCUT2D eigenvalue weighted by atomic mass is 9.93. The maximum atomic E-state index is 13.7. The molecule has 0 spiro atoms. The summed E-state index contributed by atoms with van der Waals surface area (Å²) in [4.78, 5) is 0. The van der Waals surface area contributed by atoms with Crippen molar-refractivity contribution in [1.82, 2.24) is 9.29 Å². The number of hydrogen-bond acceptors (Lipinski definition) is 2. The molecule has 1 aromatic carbocycles. The van der Waals surface area contributed by atoms with Crippen LogP contribution in [0.5, 0.6) is 0 Å². The standard InChI is InChI=1S/C18H23FN2O2S/c1-3-21-13(2)11-15-17(9-6-10-18(15)21)20-24(22,23)12-14-7-4-5-8-16(14)19/h4-5,7-8,11,17,20H,3,6,9-10,12H2,1-2H3. The van der Waals surface area contributed by atoms with Gasteiger partial charge in [0.05, 0.1) is 5.75 Å². The number of nitrogens with zero attached hydrogens (tertiary/aromatic N) is 1. The largest absolute Gasteiger partial charge is 0.349 e. The lowest BCUT2D eigenvalue weighted by Crippen LogP contribution is -2.32. The minimum Gasteiger partial charge on any atom is -0.349 e. The van der Waals surface area contributed by atoms with Crippen LogP contribution in [0.4, 0.5) is 4.39 Å². The number of benzene rings is 1. The zero-order valence-electron chi connectivity index (χ0n) is 14.0. The Hall–Kier alpha value is -1.66. The van der Waals surface area contributed by atoms with Crippen molar-refractivity contribution >= 4 is 10.0 Å². The molecule has 1 aliphatic rings. The van der Waals surface area contributed by atoms with E-state index in [0.717, 1.165) is 37.1 Å². The quantitative estimate of drug-likeness (QED) is 0.898. The molecule has 1 aliphatic carbocycles. The molecule has 0 bridgehead atoms. The number of fused-ring (bicyclic) bond motifs is 1. The summed E-state index contributed by atoms with van der Waals surface area (Å²) in [6.45, 7) is 5.03. The van der Waals surface area contributed by atoms with Gasteiger partial charge in [-0.2, -0.15) is 0 Å². The Morgan fingerprint density at radius 3 is 2.79 bits per heavy atom. The third-order valence-corrected chi connectivity index (χ3v) is 6.01. The monoisotopic (exact) mass is 350 g/mol. The van der Waals surface area contributed by atoms with Crippen molar-refractivity contribution in [3.63, 3.8) is 0 Å². The summed E-state index contributed by atoms with van der Waals surface area (Å²) in [6.07, 6.45) is 2.70. The van der Waals surface area contributed by atoms with Crippen molar-refractivity contribution in [3.8, 4) is 0 Å². The van der Waals surface area contributed by atoms with E-state index in [1.807, 2.05) is 6.92 Å². The summed E-state index contributed by atoms with van der Waals surface area (Å²) in [6, 6.07) is 7.86. The highest BCUT2D eigenvalue weighted by molar-refractivity contribution is 7.88. The lowest BCUT2D eigenvalue weighted by molar-refractivity contribution is 0.494. The van der Waals surface area contributed by atoms with Crippen LogP contribution in [0.2, 0.25) is 0 Å². The van der Waals surface area contributed by atoms with Gasteiger partial charge in [0.1, 0.15) is 5.82 Å². The third-order valence-electron chi connectivity index (χ3n) is 4.67. The molecule has 2 aromatic rings. The Balaban J connectivity index is 1.83. The van der Waals surface area contributed by atoms with Crippen molar-refractivity contribution in [3.05, 3.63) is 58.7 Å². The molecule has 130 valence electrons. The molecule has 3 rings (SSSR count). The second-order valence-corrected chi connectivity index (χ2v) is 8.10. The van der Waals surface area contributed by atoms with E-state index in [4.69, 9.17) is 0 Å². The van der Waals surface area contributed by atoms with Gasteiger partial charge in [0, 0.05) is 29.5 Å². The summed E-state index contributed by atoms with van der Waals surface area (Å²) < 4.78 is 43.8. The van der Waals surface area contributed by atoms with Crippen molar-refractivity contribution in [2.24, 2.45) is 0 Å². The SMILES string of the molecule is CCn1c(C)cc2c1CCCC2NS(=O)(=O)Cc1ccccc1F. The van der Waals surface area contributed by atoms with Gasteiger partial charge < -0.3 is 4.57 Å². The first-order chi connectivity index (χ1) is 11.4. The van der Waals surface area contributed by atoms with Gasteiger partial charge in [0.25, 0.3) is 0 Å². The number of sulfonamides is 1. The Morgan fingerprint density at radius 1 is 1.33 bits per heavy atom. The third kappa shape index (κ3) is 3.39. The van der Waals surface area contributed by atoms with Crippen LogP contribution in [-0.2, 0) is 28.7 Å². The second kappa shape index (κ2) is 6.69. The molecule has 0 radical (unpaired) electrons. The predicted octanol–water partition coefficient (Wildman–Crippen LogP) is 3.45. The van der Waals surface area contributed by atoms with E-state index in [9.17, 15) is 12.8 Å². The van der Waals surface area contributed by atoms with Crippen molar-refractivity contribution in [1.29, 1.82) is 0 Å². The van der Waals surface area contributed by atoms with E-state index < -0.39 is 15.8 Å². The van der Waals surface area contributed by atoms with Gasteiger partial charge in [0.2, 0.25) is 10.0 Å². The van der Waals surface area contributed by atoms with E-state index in [1.165, 1.54) is 17.8 Å². The number of rotatable bonds is 5. The van der Waals surface area contributed by atoms with Crippen LogP contribution in [-0.4, -0.2) is 13.0 Å². The van der Waals surface area contributed by atoms with E-state index in [2.05, 4.69) is 22.3 Å².